The first-order chi connectivity index (χ1) is 17.1. The van der Waals surface area contributed by atoms with Gasteiger partial charge in [-0.2, -0.15) is 0 Å². The number of aliphatic carboxylic acids is 2. The number of carbonyl (C=O) groups is 2. The number of carboxylic acids is 2. The van der Waals surface area contributed by atoms with Crippen LogP contribution in [0.3, 0.4) is 0 Å². The number of hydrogen-bond acceptors (Lipinski definition) is 4. The molecule has 0 aromatic rings. The second kappa shape index (κ2) is 19.0. The fraction of sp³-hybridized carbons (Fsp3) is 0.931. The number of carboxylic acid groups (broad SMARTS) is 2. The van der Waals surface area contributed by atoms with Crippen molar-refractivity contribution in [1.82, 2.24) is 0 Å². The minimum Gasteiger partial charge on any atom is -0.481 e. The predicted molar refractivity (Wildman–Crippen MR) is 146 cm³/mol. The Morgan fingerprint density at radius 1 is 0.556 bits per heavy atom. The molecule has 7 heteroatoms. The molecule has 0 rings (SSSR count). The van der Waals surface area contributed by atoms with E-state index in [1.165, 1.54) is 77.0 Å². The van der Waals surface area contributed by atoms with Gasteiger partial charge in [0.15, 0.2) is 0 Å². The minimum absolute atomic E-state index is 0.0899. The smallest absolute Gasteiger partial charge is 0.366 e. The predicted octanol–water partition coefficient (Wildman–Crippen LogP) is 6.00. The van der Waals surface area contributed by atoms with Crippen LogP contribution in [0.2, 0.25) is 0 Å². The molecule has 0 aromatic carbocycles. The summed E-state index contributed by atoms with van der Waals surface area (Å²) in [5.41, 5.74) is -3.41. The molecule has 1 atom stereocenters. The van der Waals surface area contributed by atoms with Gasteiger partial charge >= 0.3 is 11.9 Å². The molecule has 4 N–H and O–H groups in total. The van der Waals surface area contributed by atoms with E-state index in [0.717, 1.165) is 19.3 Å². The third-order valence-corrected chi connectivity index (χ3v) is 8.17. The highest BCUT2D eigenvalue weighted by atomic mass is 16.4. The van der Waals surface area contributed by atoms with Gasteiger partial charge in [-0.3, -0.25) is 4.79 Å². The van der Waals surface area contributed by atoms with Gasteiger partial charge in [-0.05, 0) is 19.3 Å². The zero-order chi connectivity index (χ0) is 27.5. The van der Waals surface area contributed by atoms with Crippen LogP contribution in [0.15, 0.2) is 0 Å². The van der Waals surface area contributed by atoms with Crippen molar-refractivity contribution in [2.75, 3.05) is 34.4 Å². The summed E-state index contributed by atoms with van der Waals surface area (Å²) >= 11 is 0. The van der Waals surface area contributed by atoms with Gasteiger partial charge in [0.1, 0.15) is 5.41 Å². The van der Waals surface area contributed by atoms with Gasteiger partial charge in [-0.25, -0.2) is 4.79 Å². The standard InChI is InChI=1S/C29H57NO6/c1-5-6-7-8-9-10-11-12-13-14-15-16-17-18-19-20-21-29(27(35)36,30(2,3)4)28(22-24-31,23-25-32)26(33)34/h31-32H,5-25H2,1-4H3,(H-,33,34,35,36)/p+1. The Bertz CT molecular complexity index is 583. The fourth-order valence-corrected chi connectivity index (χ4v) is 6.06. The highest BCUT2D eigenvalue weighted by Crippen LogP contribution is 2.48. The van der Waals surface area contributed by atoms with E-state index < -0.39 is 36.1 Å². The molecule has 0 saturated heterocycles. The summed E-state index contributed by atoms with van der Waals surface area (Å²) in [6.45, 7) is 1.36. The van der Waals surface area contributed by atoms with Crippen molar-refractivity contribution in [3.05, 3.63) is 0 Å². The Labute approximate surface area is 220 Å². The Morgan fingerprint density at radius 2 is 0.889 bits per heavy atom. The quantitative estimate of drug-likeness (QED) is 0.0873. The molecule has 0 amide bonds. The van der Waals surface area contributed by atoms with E-state index in [4.69, 9.17) is 0 Å². The molecule has 0 aliphatic carbocycles. The number of hydrogen-bond donors (Lipinski definition) is 4. The summed E-state index contributed by atoms with van der Waals surface area (Å²) in [5.74, 6) is -2.45. The van der Waals surface area contributed by atoms with E-state index in [1.54, 1.807) is 21.1 Å². The van der Waals surface area contributed by atoms with E-state index in [0.29, 0.717) is 6.42 Å². The molecule has 0 aliphatic rings. The van der Waals surface area contributed by atoms with E-state index in [2.05, 4.69) is 6.92 Å². The fourth-order valence-electron chi connectivity index (χ4n) is 6.06. The van der Waals surface area contributed by atoms with Crippen LogP contribution in [0, 0.1) is 5.41 Å². The van der Waals surface area contributed by atoms with Crippen molar-refractivity contribution in [1.29, 1.82) is 0 Å². The zero-order valence-corrected chi connectivity index (χ0v) is 23.9. The number of aliphatic hydroxyl groups is 2. The molecule has 0 fully saturated rings. The Morgan fingerprint density at radius 3 is 1.14 bits per heavy atom. The van der Waals surface area contributed by atoms with Gasteiger partial charge < -0.3 is 24.9 Å². The van der Waals surface area contributed by atoms with Gasteiger partial charge in [0, 0.05) is 19.6 Å². The molecule has 0 bridgehead atoms. The third kappa shape index (κ3) is 10.7. The summed E-state index contributed by atoms with van der Waals surface area (Å²) in [4.78, 5) is 25.2. The number of likely N-dealkylation sites (N-methyl/N-ethyl adjacent to an activating group) is 1. The van der Waals surface area contributed by atoms with Gasteiger partial charge in [-0.1, -0.05) is 103 Å². The van der Waals surface area contributed by atoms with Crippen LogP contribution < -0.4 is 0 Å². The molecule has 0 aliphatic heterocycles. The Hall–Kier alpha value is -1.18. The molecule has 214 valence electrons. The van der Waals surface area contributed by atoms with Gasteiger partial charge in [0.2, 0.25) is 5.54 Å². The summed E-state index contributed by atoms with van der Waals surface area (Å²) < 4.78 is -0.0899. The first kappa shape index (κ1) is 34.8. The van der Waals surface area contributed by atoms with Crippen LogP contribution in [0.25, 0.3) is 0 Å². The first-order valence-electron chi connectivity index (χ1n) is 14.6. The van der Waals surface area contributed by atoms with Crippen LogP contribution >= 0.6 is 0 Å². The summed E-state index contributed by atoms with van der Waals surface area (Å²) in [7, 11) is 5.10. The molecular weight excluding hydrogens is 458 g/mol. The lowest BCUT2D eigenvalue weighted by atomic mass is 9.61. The Kier molecular flexibility index (Phi) is 18.3. The van der Waals surface area contributed by atoms with Crippen molar-refractivity contribution in [3.8, 4) is 0 Å². The van der Waals surface area contributed by atoms with E-state index in [9.17, 15) is 30.0 Å². The largest absolute Gasteiger partial charge is 0.481 e. The molecule has 0 saturated carbocycles. The number of quaternary nitrogens is 1. The van der Waals surface area contributed by atoms with E-state index in [-0.39, 0.29) is 23.7 Å². The zero-order valence-electron chi connectivity index (χ0n) is 23.9. The van der Waals surface area contributed by atoms with E-state index >= 15 is 0 Å². The van der Waals surface area contributed by atoms with Crippen LogP contribution in [-0.4, -0.2) is 76.7 Å². The number of rotatable bonds is 25. The summed E-state index contributed by atoms with van der Waals surface area (Å²) in [6.07, 6.45) is 19.2. The van der Waals surface area contributed by atoms with Crippen LogP contribution in [0.5, 0.6) is 0 Å². The van der Waals surface area contributed by atoms with Gasteiger partial charge in [-0.15, -0.1) is 0 Å². The maximum atomic E-state index is 12.7. The van der Waals surface area contributed by atoms with Crippen molar-refractivity contribution in [3.63, 3.8) is 0 Å². The number of aliphatic hydroxyl groups excluding tert-OH is 2. The molecule has 36 heavy (non-hydrogen) atoms. The van der Waals surface area contributed by atoms with Gasteiger partial charge in [0.25, 0.3) is 0 Å². The second-order valence-corrected chi connectivity index (χ2v) is 11.6. The maximum absolute atomic E-state index is 12.7. The molecular formula is C29H58NO6+. The Balaban J connectivity index is 4.57. The van der Waals surface area contributed by atoms with Gasteiger partial charge in [0.05, 0.1) is 21.1 Å². The third-order valence-electron chi connectivity index (χ3n) is 8.17. The summed E-state index contributed by atoms with van der Waals surface area (Å²) in [6, 6.07) is 0. The number of nitrogens with zero attached hydrogens (tertiary/aromatic N) is 1. The summed E-state index contributed by atoms with van der Waals surface area (Å²) in [5, 5.41) is 39.9. The maximum Gasteiger partial charge on any atom is 0.366 e. The number of unbranched alkanes of at least 4 members (excludes halogenated alkanes) is 15. The molecule has 0 radical (unpaired) electrons. The average Bonchev–Trinajstić information content (AvgIpc) is 2.80. The normalized spacial score (nSPS) is 14.1. The topological polar surface area (TPSA) is 115 Å². The van der Waals surface area contributed by atoms with E-state index in [1.807, 2.05) is 0 Å². The lowest BCUT2D eigenvalue weighted by molar-refractivity contribution is -0.922. The molecule has 7 nitrogen and oxygen atoms in total. The van der Waals surface area contributed by atoms with Crippen LogP contribution in [0.1, 0.15) is 129 Å². The molecule has 0 spiro atoms. The lowest BCUT2D eigenvalue weighted by Gasteiger charge is -2.52. The van der Waals surface area contributed by atoms with Crippen molar-refractivity contribution in [2.24, 2.45) is 5.41 Å². The first-order valence-corrected chi connectivity index (χ1v) is 14.6. The minimum atomic E-state index is -1.75. The van der Waals surface area contributed by atoms with Crippen molar-refractivity contribution >= 4 is 11.9 Å². The van der Waals surface area contributed by atoms with Crippen LogP contribution in [-0.2, 0) is 9.59 Å². The van der Waals surface area contributed by atoms with Crippen LogP contribution in [0.4, 0.5) is 0 Å². The van der Waals surface area contributed by atoms with Crippen molar-refractivity contribution < 1.29 is 34.5 Å². The molecule has 0 heterocycles. The second-order valence-electron chi connectivity index (χ2n) is 11.6. The monoisotopic (exact) mass is 516 g/mol. The highest BCUT2D eigenvalue weighted by molar-refractivity contribution is 5.89. The molecule has 1 unspecified atom stereocenters. The lowest BCUT2D eigenvalue weighted by Crippen LogP contribution is -2.73. The highest BCUT2D eigenvalue weighted by Gasteiger charge is 2.68. The average molecular weight is 517 g/mol. The van der Waals surface area contributed by atoms with Crippen molar-refractivity contribution in [2.45, 2.75) is 134 Å². The molecule has 0 aromatic heterocycles. The SMILES string of the molecule is CCCCCCCCCCCCCCCCCCC(C(=O)O)(C(CCO)(CCO)C(=O)O)[N+](C)(C)C.